The van der Waals surface area contributed by atoms with Crippen LogP contribution < -0.4 is 5.48 Å². The van der Waals surface area contributed by atoms with Gasteiger partial charge in [-0.05, 0) is 61.2 Å². The van der Waals surface area contributed by atoms with Crippen molar-refractivity contribution in [2.24, 2.45) is 29.1 Å². The molecule has 0 aromatic heterocycles. The Bertz CT molecular complexity index is 601. The predicted octanol–water partition coefficient (Wildman–Crippen LogP) is 5.35. The van der Waals surface area contributed by atoms with Crippen molar-refractivity contribution < 1.29 is 13.6 Å². The second kappa shape index (κ2) is 9.34. The molecule has 28 heavy (non-hydrogen) atoms. The van der Waals surface area contributed by atoms with Crippen LogP contribution in [0.3, 0.4) is 0 Å². The van der Waals surface area contributed by atoms with Crippen LogP contribution in [0.5, 0.6) is 0 Å². The van der Waals surface area contributed by atoms with E-state index < -0.39 is 9.84 Å². The molecule has 2 N–H and O–H groups in total. The first-order valence-electron chi connectivity index (χ1n) is 12.0. The average molecular weight is 414 g/mol. The van der Waals surface area contributed by atoms with Gasteiger partial charge in [-0.15, -0.1) is 0 Å². The van der Waals surface area contributed by atoms with Crippen molar-refractivity contribution in [1.82, 2.24) is 5.48 Å². The molecule has 3 fully saturated rings. The van der Waals surface area contributed by atoms with Gasteiger partial charge in [-0.1, -0.05) is 65.7 Å². The van der Waals surface area contributed by atoms with E-state index in [-0.39, 0.29) is 22.6 Å². The van der Waals surface area contributed by atoms with Gasteiger partial charge in [0.15, 0.2) is 9.84 Å². The third-order valence-electron chi connectivity index (χ3n) is 8.93. The molecule has 0 radical (unpaired) electrons. The molecule has 0 aromatic carbocycles. The van der Waals surface area contributed by atoms with Crippen LogP contribution in [0.25, 0.3) is 0 Å². The van der Waals surface area contributed by atoms with Crippen molar-refractivity contribution in [1.29, 1.82) is 0 Å². The topological polar surface area (TPSA) is 66.4 Å². The van der Waals surface area contributed by atoms with Crippen LogP contribution in [0.15, 0.2) is 0 Å². The Morgan fingerprint density at radius 2 is 1.79 bits per heavy atom. The maximum absolute atomic E-state index is 13.7. The van der Waals surface area contributed by atoms with Gasteiger partial charge in [-0.2, -0.15) is 0 Å². The molecule has 3 rings (SSSR count). The third-order valence-corrected chi connectivity index (χ3v) is 11.4. The molecule has 3 unspecified atom stereocenters. The number of nitrogens with one attached hydrogen (secondary N) is 1. The largest absolute Gasteiger partial charge is 0.317 e. The number of sulfone groups is 1. The molecule has 1 aliphatic heterocycles. The van der Waals surface area contributed by atoms with E-state index in [2.05, 4.69) is 26.3 Å². The zero-order valence-corrected chi connectivity index (χ0v) is 19.1. The minimum atomic E-state index is -3.12. The highest BCUT2D eigenvalue weighted by atomic mass is 32.2. The molecule has 0 bridgehead atoms. The van der Waals surface area contributed by atoms with Crippen LogP contribution in [0.1, 0.15) is 97.8 Å². The third kappa shape index (κ3) is 4.32. The van der Waals surface area contributed by atoms with Gasteiger partial charge in [0.1, 0.15) is 0 Å². The summed E-state index contributed by atoms with van der Waals surface area (Å²) in [6.45, 7) is 6.84. The number of unbranched alkanes of at least 4 members (excludes halogenated alkanes) is 1. The lowest BCUT2D eigenvalue weighted by Crippen LogP contribution is -2.47. The van der Waals surface area contributed by atoms with E-state index in [0.29, 0.717) is 23.5 Å². The number of fused-ring (bicyclic) bond motifs is 1. The van der Waals surface area contributed by atoms with Crippen molar-refractivity contribution in [2.75, 3.05) is 5.75 Å². The van der Waals surface area contributed by atoms with Crippen molar-refractivity contribution in [3.8, 4) is 0 Å². The van der Waals surface area contributed by atoms with Crippen molar-refractivity contribution >= 4 is 9.84 Å². The quantitative estimate of drug-likeness (QED) is 0.576. The summed E-state index contributed by atoms with van der Waals surface area (Å²) in [5.74, 6) is 2.18. The smallest absolute Gasteiger partial charge is 0.154 e. The molecule has 0 spiro atoms. The minimum Gasteiger partial charge on any atom is -0.317 e. The Kier molecular flexibility index (Phi) is 7.53. The van der Waals surface area contributed by atoms with E-state index in [0.717, 1.165) is 44.9 Å². The summed E-state index contributed by atoms with van der Waals surface area (Å²) in [6.07, 6.45) is 13.0. The second-order valence-electron chi connectivity index (χ2n) is 10.2. The predicted molar refractivity (Wildman–Crippen MR) is 115 cm³/mol. The number of hydrogen-bond donors (Lipinski definition) is 2. The summed E-state index contributed by atoms with van der Waals surface area (Å²) < 4.78 is 27.3. The lowest BCUT2D eigenvalue weighted by Gasteiger charge is -2.48. The second-order valence-corrected chi connectivity index (χ2v) is 12.5. The molecule has 2 aliphatic carbocycles. The maximum Gasteiger partial charge on any atom is 0.154 e. The highest BCUT2D eigenvalue weighted by Gasteiger charge is 2.55. The summed E-state index contributed by atoms with van der Waals surface area (Å²) in [5, 5.41) is 9.42. The minimum absolute atomic E-state index is 0.0551. The Labute approximate surface area is 173 Å². The van der Waals surface area contributed by atoms with E-state index in [1.807, 2.05) is 0 Å². The number of hydrogen-bond acceptors (Lipinski definition) is 4. The zero-order valence-electron chi connectivity index (χ0n) is 18.3. The van der Waals surface area contributed by atoms with Crippen LogP contribution in [0.4, 0.5) is 0 Å². The van der Waals surface area contributed by atoms with Crippen molar-refractivity contribution in [3.05, 3.63) is 0 Å². The Morgan fingerprint density at radius 1 is 1.07 bits per heavy atom. The summed E-state index contributed by atoms with van der Waals surface area (Å²) >= 11 is 0. The maximum atomic E-state index is 13.7. The van der Waals surface area contributed by atoms with Crippen LogP contribution >= 0.6 is 0 Å². The first-order valence-corrected chi connectivity index (χ1v) is 13.7. The standard InChI is InChI=1S/C23H43NO3S/c1-4-6-14-23(5-2)16-28(26,27)21-13-12-19(24-25)15-20(21)22(17(23)3)18-10-8-7-9-11-18/h17-22,24-25H,4-16H2,1-3H3/t17-,19?,20?,21?,22-,23+/m0/s1. The Balaban J connectivity index is 2.04. The molecule has 3 aliphatic rings. The highest BCUT2D eigenvalue weighted by molar-refractivity contribution is 7.92. The number of hydroxylamine groups is 1. The van der Waals surface area contributed by atoms with Crippen molar-refractivity contribution in [2.45, 2.75) is 109 Å². The van der Waals surface area contributed by atoms with E-state index in [9.17, 15) is 13.6 Å². The highest BCUT2D eigenvalue weighted by Crippen LogP contribution is 2.55. The van der Waals surface area contributed by atoms with Gasteiger partial charge in [0, 0.05) is 6.04 Å². The van der Waals surface area contributed by atoms with Gasteiger partial charge < -0.3 is 5.21 Å². The van der Waals surface area contributed by atoms with E-state index in [1.54, 1.807) is 0 Å². The fraction of sp³-hybridized carbons (Fsp3) is 1.00. The zero-order chi connectivity index (χ0) is 20.4. The fourth-order valence-corrected chi connectivity index (χ4v) is 10.2. The van der Waals surface area contributed by atoms with Crippen LogP contribution in [-0.2, 0) is 9.84 Å². The molecule has 0 amide bonds. The molecular weight excluding hydrogens is 370 g/mol. The molecule has 1 saturated heterocycles. The van der Waals surface area contributed by atoms with Gasteiger partial charge in [-0.3, -0.25) is 0 Å². The van der Waals surface area contributed by atoms with E-state index >= 15 is 0 Å². The molecule has 0 aromatic rings. The molecule has 4 nitrogen and oxygen atoms in total. The van der Waals surface area contributed by atoms with Crippen molar-refractivity contribution in [3.63, 3.8) is 0 Å². The molecule has 6 atom stereocenters. The van der Waals surface area contributed by atoms with E-state index in [4.69, 9.17) is 0 Å². The van der Waals surface area contributed by atoms with Gasteiger partial charge >= 0.3 is 0 Å². The summed E-state index contributed by atoms with van der Waals surface area (Å²) in [6, 6.07) is 0.0551. The average Bonchev–Trinajstić information content (AvgIpc) is 2.78. The molecule has 2 saturated carbocycles. The first-order chi connectivity index (χ1) is 13.4. The number of rotatable bonds is 6. The molecule has 164 valence electrons. The summed E-state index contributed by atoms with van der Waals surface area (Å²) in [7, 11) is -3.12. The Hall–Kier alpha value is -0.130. The van der Waals surface area contributed by atoms with Gasteiger partial charge in [0.25, 0.3) is 0 Å². The summed E-state index contributed by atoms with van der Waals surface area (Å²) in [5.41, 5.74) is 2.42. The monoisotopic (exact) mass is 413 g/mol. The van der Waals surface area contributed by atoms with Gasteiger partial charge in [0.05, 0.1) is 11.0 Å². The molecule has 1 heterocycles. The SMILES string of the molecule is CCCC[C@]1(CC)CS(=O)(=O)C2CCC(NO)CC2[C@H](C2CCCCC2)[C@@H]1C. The summed E-state index contributed by atoms with van der Waals surface area (Å²) in [4.78, 5) is 0. The molecule has 5 heteroatoms. The van der Waals surface area contributed by atoms with Crippen LogP contribution in [0.2, 0.25) is 0 Å². The van der Waals surface area contributed by atoms with Gasteiger partial charge in [0.2, 0.25) is 0 Å². The normalized spacial score (nSPS) is 41.9. The fourth-order valence-electron chi connectivity index (χ4n) is 7.27. The first kappa shape index (κ1) is 22.6. The molecular formula is C23H43NO3S. The van der Waals surface area contributed by atoms with E-state index in [1.165, 1.54) is 32.1 Å². The van der Waals surface area contributed by atoms with Crippen LogP contribution in [-0.4, -0.2) is 30.7 Å². The Morgan fingerprint density at radius 3 is 2.39 bits per heavy atom. The van der Waals surface area contributed by atoms with Crippen LogP contribution in [0, 0.1) is 29.1 Å². The lowest BCUT2D eigenvalue weighted by molar-refractivity contribution is 0.00934. The lowest BCUT2D eigenvalue weighted by atomic mass is 9.57. The van der Waals surface area contributed by atoms with Gasteiger partial charge in [-0.25, -0.2) is 13.9 Å².